The molecule has 22 heavy (non-hydrogen) atoms. The molecule has 0 radical (unpaired) electrons. The number of primary amides is 1. The average Bonchev–Trinajstić information content (AvgIpc) is 2.44. The van der Waals surface area contributed by atoms with Gasteiger partial charge in [0.25, 0.3) is 5.91 Å². The molecule has 0 saturated carbocycles. The first-order valence-electron chi connectivity index (χ1n) is 5.99. The second kappa shape index (κ2) is 6.64. The third kappa shape index (κ3) is 3.87. The topological polar surface area (TPSA) is 84.2 Å². The number of halogens is 3. The Balaban J connectivity index is 2.15. The van der Waals surface area contributed by atoms with E-state index in [0.29, 0.717) is 11.4 Å². The van der Waals surface area contributed by atoms with Crippen LogP contribution in [0.25, 0.3) is 0 Å². The maximum atomic E-state index is 13.4. The molecule has 0 heterocycles. The highest BCUT2D eigenvalue weighted by Gasteiger charge is 2.14. The van der Waals surface area contributed by atoms with Crippen molar-refractivity contribution in [2.24, 2.45) is 5.73 Å². The van der Waals surface area contributed by atoms with Gasteiger partial charge in [0.2, 0.25) is 0 Å². The van der Waals surface area contributed by atoms with E-state index in [9.17, 15) is 14.0 Å². The van der Waals surface area contributed by atoms with Crippen molar-refractivity contribution < 1.29 is 14.0 Å². The molecule has 0 saturated heterocycles. The molecule has 0 aromatic heterocycles. The minimum Gasteiger partial charge on any atom is -0.351 e. The molecule has 0 aliphatic heterocycles. The van der Waals surface area contributed by atoms with Crippen LogP contribution in [0.5, 0.6) is 0 Å². The Morgan fingerprint density at radius 1 is 0.955 bits per heavy atom. The van der Waals surface area contributed by atoms with Crippen LogP contribution in [-0.2, 0) is 0 Å². The Labute approximate surface area is 135 Å². The first kappa shape index (κ1) is 16.1. The molecule has 8 heteroatoms. The van der Waals surface area contributed by atoms with E-state index in [0.717, 1.165) is 12.1 Å². The van der Waals surface area contributed by atoms with E-state index >= 15 is 0 Å². The van der Waals surface area contributed by atoms with Gasteiger partial charge in [0.15, 0.2) is 0 Å². The molecule has 0 spiro atoms. The zero-order chi connectivity index (χ0) is 16.3. The maximum absolute atomic E-state index is 13.4. The van der Waals surface area contributed by atoms with Gasteiger partial charge in [-0.3, -0.25) is 4.79 Å². The zero-order valence-corrected chi connectivity index (χ0v) is 12.5. The number of benzene rings is 2. The second-order valence-corrected chi connectivity index (χ2v) is 5.08. The lowest BCUT2D eigenvalue weighted by Crippen LogP contribution is -2.19. The number of anilines is 2. The SMILES string of the molecule is NC(=O)Nc1ccc(NC(=O)c2cc(F)c(Cl)cc2Cl)cc1. The standard InChI is InChI=1S/C14H10Cl2FN3O2/c15-10-6-11(16)12(17)5-9(10)13(21)19-7-1-3-8(4-2-7)20-14(18)22/h1-6H,(H,19,21)(H3,18,20,22). The van der Waals surface area contributed by atoms with Gasteiger partial charge in [0.1, 0.15) is 5.82 Å². The molecule has 2 aromatic rings. The largest absolute Gasteiger partial charge is 0.351 e. The van der Waals surface area contributed by atoms with E-state index in [4.69, 9.17) is 28.9 Å². The van der Waals surface area contributed by atoms with Crippen LogP contribution in [0, 0.1) is 5.82 Å². The monoisotopic (exact) mass is 341 g/mol. The normalized spacial score (nSPS) is 10.1. The van der Waals surface area contributed by atoms with Crippen LogP contribution in [0.1, 0.15) is 10.4 Å². The van der Waals surface area contributed by atoms with Crippen LogP contribution in [0.2, 0.25) is 10.0 Å². The first-order valence-corrected chi connectivity index (χ1v) is 6.75. The molecule has 0 atom stereocenters. The molecule has 4 N–H and O–H groups in total. The van der Waals surface area contributed by atoms with Gasteiger partial charge in [0, 0.05) is 11.4 Å². The number of urea groups is 1. The van der Waals surface area contributed by atoms with E-state index in [1.807, 2.05) is 0 Å². The molecule has 5 nitrogen and oxygen atoms in total. The third-order valence-corrected chi connectivity index (χ3v) is 3.27. The number of hydrogen-bond donors (Lipinski definition) is 3. The van der Waals surface area contributed by atoms with Gasteiger partial charge < -0.3 is 16.4 Å². The smallest absolute Gasteiger partial charge is 0.316 e. The summed E-state index contributed by atoms with van der Waals surface area (Å²) in [4.78, 5) is 22.8. The van der Waals surface area contributed by atoms with Crippen molar-refractivity contribution >= 4 is 46.5 Å². The van der Waals surface area contributed by atoms with Crippen molar-refractivity contribution in [2.75, 3.05) is 10.6 Å². The number of carbonyl (C=O) groups is 2. The third-order valence-electron chi connectivity index (χ3n) is 2.66. The van der Waals surface area contributed by atoms with Crippen LogP contribution in [0.4, 0.5) is 20.6 Å². The number of nitrogens with two attached hydrogens (primary N) is 1. The molecule has 0 aliphatic carbocycles. The van der Waals surface area contributed by atoms with Crippen LogP contribution in [0.3, 0.4) is 0 Å². The Morgan fingerprint density at radius 3 is 2.05 bits per heavy atom. The van der Waals surface area contributed by atoms with Gasteiger partial charge in [-0.1, -0.05) is 23.2 Å². The molecule has 3 amide bonds. The van der Waals surface area contributed by atoms with Crippen molar-refractivity contribution in [2.45, 2.75) is 0 Å². The molecule has 0 fully saturated rings. The second-order valence-electron chi connectivity index (χ2n) is 4.27. The molecule has 0 unspecified atom stereocenters. The van der Waals surface area contributed by atoms with Crippen LogP contribution in [0.15, 0.2) is 36.4 Å². The lowest BCUT2D eigenvalue weighted by molar-refractivity contribution is 0.102. The van der Waals surface area contributed by atoms with E-state index in [2.05, 4.69) is 10.6 Å². The van der Waals surface area contributed by atoms with E-state index < -0.39 is 17.8 Å². The molecular formula is C14H10Cl2FN3O2. The number of hydrogen-bond acceptors (Lipinski definition) is 2. The minimum absolute atomic E-state index is 0.0379. The summed E-state index contributed by atoms with van der Waals surface area (Å²) >= 11 is 11.4. The van der Waals surface area contributed by atoms with Crippen LogP contribution >= 0.6 is 23.2 Å². The highest BCUT2D eigenvalue weighted by molar-refractivity contribution is 6.37. The summed E-state index contributed by atoms with van der Waals surface area (Å²) in [6.45, 7) is 0. The Morgan fingerprint density at radius 2 is 1.50 bits per heavy atom. The summed E-state index contributed by atoms with van der Waals surface area (Å²) in [7, 11) is 0. The van der Waals surface area contributed by atoms with Gasteiger partial charge in [-0.15, -0.1) is 0 Å². The van der Waals surface area contributed by atoms with Crippen molar-refractivity contribution in [1.82, 2.24) is 0 Å². The van der Waals surface area contributed by atoms with Gasteiger partial charge in [0.05, 0.1) is 15.6 Å². The van der Waals surface area contributed by atoms with E-state index in [-0.39, 0.29) is 15.6 Å². The molecular weight excluding hydrogens is 332 g/mol. The highest BCUT2D eigenvalue weighted by atomic mass is 35.5. The summed E-state index contributed by atoms with van der Waals surface area (Å²) in [5.74, 6) is -1.33. The van der Waals surface area contributed by atoms with Crippen LogP contribution in [-0.4, -0.2) is 11.9 Å². The predicted molar refractivity (Wildman–Crippen MR) is 84.0 cm³/mol. The van der Waals surface area contributed by atoms with Crippen LogP contribution < -0.4 is 16.4 Å². The van der Waals surface area contributed by atoms with Gasteiger partial charge in [-0.05, 0) is 36.4 Å². The highest BCUT2D eigenvalue weighted by Crippen LogP contribution is 2.25. The van der Waals surface area contributed by atoms with Crippen molar-refractivity contribution in [3.8, 4) is 0 Å². The summed E-state index contributed by atoms with van der Waals surface area (Å²) in [5.41, 5.74) is 5.85. The first-order chi connectivity index (χ1) is 10.4. The quantitative estimate of drug-likeness (QED) is 0.740. The van der Waals surface area contributed by atoms with Gasteiger partial charge in [-0.25, -0.2) is 9.18 Å². The molecule has 114 valence electrons. The van der Waals surface area contributed by atoms with E-state index in [1.54, 1.807) is 24.3 Å². The maximum Gasteiger partial charge on any atom is 0.316 e. The predicted octanol–water partition coefficient (Wildman–Crippen LogP) is 3.88. The van der Waals surface area contributed by atoms with Crippen molar-refractivity contribution in [3.63, 3.8) is 0 Å². The fourth-order valence-corrected chi connectivity index (χ4v) is 2.14. The fourth-order valence-electron chi connectivity index (χ4n) is 1.67. The van der Waals surface area contributed by atoms with Gasteiger partial charge >= 0.3 is 6.03 Å². The number of nitrogens with one attached hydrogen (secondary N) is 2. The average molecular weight is 342 g/mol. The Bertz CT molecular complexity index is 736. The minimum atomic E-state index is -0.739. The summed E-state index contributed by atoms with van der Waals surface area (Å²) in [5, 5.41) is 4.80. The Hall–Kier alpha value is -2.31. The summed E-state index contributed by atoms with van der Waals surface area (Å²) in [6, 6.07) is 7.61. The van der Waals surface area contributed by atoms with Crippen molar-refractivity contribution in [1.29, 1.82) is 0 Å². The fraction of sp³-hybridized carbons (Fsp3) is 0. The lowest BCUT2D eigenvalue weighted by Gasteiger charge is -2.08. The van der Waals surface area contributed by atoms with Gasteiger partial charge in [-0.2, -0.15) is 0 Å². The molecule has 2 rings (SSSR count). The zero-order valence-electron chi connectivity index (χ0n) is 11.0. The molecule has 2 aromatic carbocycles. The molecule has 0 bridgehead atoms. The lowest BCUT2D eigenvalue weighted by atomic mass is 10.2. The van der Waals surface area contributed by atoms with E-state index in [1.165, 1.54) is 0 Å². The molecule has 0 aliphatic rings. The Kier molecular flexibility index (Phi) is 4.85. The number of rotatable bonds is 3. The number of carbonyl (C=O) groups excluding carboxylic acids is 2. The summed E-state index contributed by atoms with van der Waals surface area (Å²) < 4.78 is 13.4. The number of amides is 3. The van der Waals surface area contributed by atoms with Crippen molar-refractivity contribution in [3.05, 3.63) is 57.8 Å². The summed E-state index contributed by atoms with van der Waals surface area (Å²) in [6.07, 6.45) is 0.